The summed E-state index contributed by atoms with van der Waals surface area (Å²) in [4.78, 5) is 26.4. The summed E-state index contributed by atoms with van der Waals surface area (Å²) in [6, 6.07) is 10.7. The quantitative estimate of drug-likeness (QED) is 0.440. The molecule has 1 heterocycles. The van der Waals surface area contributed by atoms with Crippen LogP contribution in [-0.4, -0.2) is 37.6 Å². The van der Waals surface area contributed by atoms with Gasteiger partial charge in [0.15, 0.2) is 0 Å². The zero-order valence-corrected chi connectivity index (χ0v) is 19.3. The zero-order chi connectivity index (χ0) is 24.0. The van der Waals surface area contributed by atoms with Gasteiger partial charge in [0.05, 0.1) is 41.5 Å². The highest BCUT2D eigenvalue weighted by Gasteiger charge is 2.14. The Hall–Kier alpha value is -3.94. The first-order valence-corrected chi connectivity index (χ1v) is 10.3. The van der Waals surface area contributed by atoms with E-state index in [9.17, 15) is 9.59 Å². The topological polar surface area (TPSA) is 80.9 Å². The van der Waals surface area contributed by atoms with Gasteiger partial charge in [0.1, 0.15) is 23.0 Å². The van der Waals surface area contributed by atoms with Crippen LogP contribution in [0.15, 0.2) is 64.8 Å². The minimum atomic E-state index is -0.434. The highest BCUT2D eigenvalue weighted by atomic mass is 16.5. The number of aromatic nitrogens is 2. The van der Waals surface area contributed by atoms with Crippen molar-refractivity contribution in [3.05, 3.63) is 92.8 Å². The molecule has 0 aliphatic rings. The van der Waals surface area contributed by atoms with Crippen LogP contribution in [-0.2, 0) is 19.5 Å². The van der Waals surface area contributed by atoms with Crippen molar-refractivity contribution < 1.29 is 18.9 Å². The Bertz CT molecular complexity index is 1210. The van der Waals surface area contributed by atoms with E-state index < -0.39 is 5.69 Å². The van der Waals surface area contributed by atoms with E-state index in [1.165, 1.54) is 9.13 Å². The fraction of sp³-hybridized carbons (Fsp3) is 0.280. The Labute approximate surface area is 192 Å². The molecule has 2 aromatic carbocycles. The van der Waals surface area contributed by atoms with Crippen LogP contribution in [0.4, 0.5) is 0 Å². The molecular formula is C25H28N2O6. The van der Waals surface area contributed by atoms with Gasteiger partial charge in [-0.25, -0.2) is 4.79 Å². The van der Waals surface area contributed by atoms with Gasteiger partial charge in [0, 0.05) is 23.9 Å². The maximum atomic E-state index is 13.3. The molecule has 1 aromatic heterocycles. The molecule has 0 N–H and O–H groups in total. The standard InChI is InChI=1S/C25H28N2O6/c1-6-7-19-16-26(14-17-8-20(30-2)12-21(9-17)31-3)25(29)27(24(19)28)15-18-10-22(32-4)13-23(11-18)33-5/h6,8-13,16H,1,7,14-15H2,2-5H3. The molecule has 0 saturated heterocycles. The summed E-state index contributed by atoms with van der Waals surface area (Å²) in [5.74, 6) is 2.37. The van der Waals surface area contributed by atoms with Gasteiger partial charge in [-0.05, 0) is 41.8 Å². The Morgan fingerprint density at radius 2 is 1.21 bits per heavy atom. The summed E-state index contributed by atoms with van der Waals surface area (Å²) >= 11 is 0. The third kappa shape index (κ3) is 5.46. The summed E-state index contributed by atoms with van der Waals surface area (Å²) in [6.07, 6.45) is 3.56. The van der Waals surface area contributed by atoms with E-state index in [4.69, 9.17) is 18.9 Å². The number of allylic oxidation sites excluding steroid dienone is 1. The van der Waals surface area contributed by atoms with E-state index in [0.717, 1.165) is 5.56 Å². The molecule has 0 fully saturated rings. The average molecular weight is 453 g/mol. The minimum Gasteiger partial charge on any atom is -0.497 e. The molecule has 0 unspecified atom stereocenters. The Morgan fingerprint density at radius 3 is 1.64 bits per heavy atom. The van der Waals surface area contributed by atoms with Gasteiger partial charge in [-0.15, -0.1) is 6.58 Å². The van der Waals surface area contributed by atoms with E-state index in [1.807, 2.05) is 12.1 Å². The molecule has 3 aromatic rings. The van der Waals surface area contributed by atoms with Crippen molar-refractivity contribution in [3.8, 4) is 23.0 Å². The number of methoxy groups -OCH3 is 4. The molecule has 0 amide bonds. The van der Waals surface area contributed by atoms with Gasteiger partial charge in [-0.3, -0.25) is 13.9 Å². The number of ether oxygens (including phenoxy) is 4. The van der Waals surface area contributed by atoms with Crippen molar-refractivity contribution in [3.63, 3.8) is 0 Å². The molecule has 0 aliphatic heterocycles. The first kappa shape index (κ1) is 23.7. The van der Waals surface area contributed by atoms with E-state index in [2.05, 4.69) is 6.58 Å². The van der Waals surface area contributed by atoms with Gasteiger partial charge >= 0.3 is 5.69 Å². The first-order chi connectivity index (χ1) is 15.9. The van der Waals surface area contributed by atoms with E-state index in [1.54, 1.807) is 65.0 Å². The van der Waals surface area contributed by atoms with E-state index in [0.29, 0.717) is 40.5 Å². The summed E-state index contributed by atoms with van der Waals surface area (Å²) in [6.45, 7) is 4.04. The molecule has 0 saturated carbocycles. The predicted molar refractivity (Wildman–Crippen MR) is 126 cm³/mol. The smallest absolute Gasteiger partial charge is 0.331 e. The summed E-state index contributed by atoms with van der Waals surface area (Å²) in [7, 11) is 6.22. The van der Waals surface area contributed by atoms with Crippen molar-refractivity contribution in [2.75, 3.05) is 28.4 Å². The van der Waals surface area contributed by atoms with Crippen LogP contribution >= 0.6 is 0 Å². The molecule has 8 nitrogen and oxygen atoms in total. The van der Waals surface area contributed by atoms with Crippen LogP contribution < -0.4 is 30.2 Å². The second kappa shape index (κ2) is 10.6. The Morgan fingerprint density at radius 1 is 0.758 bits per heavy atom. The van der Waals surface area contributed by atoms with Crippen molar-refractivity contribution in [1.82, 2.24) is 9.13 Å². The van der Waals surface area contributed by atoms with Crippen LogP contribution in [0.1, 0.15) is 16.7 Å². The molecule has 174 valence electrons. The molecular weight excluding hydrogens is 424 g/mol. The Kier molecular flexibility index (Phi) is 7.61. The molecule has 0 bridgehead atoms. The SMILES string of the molecule is C=CCc1cn(Cc2cc(OC)cc(OC)c2)c(=O)n(Cc2cc(OC)cc(OC)c2)c1=O. The number of hydrogen-bond acceptors (Lipinski definition) is 6. The lowest BCUT2D eigenvalue weighted by Crippen LogP contribution is -2.41. The van der Waals surface area contributed by atoms with Crippen molar-refractivity contribution >= 4 is 0 Å². The second-order valence-electron chi connectivity index (χ2n) is 7.39. The van der Waals surface area contributed by atoms with E-state index >= 15 is 0 Å². The van der Waals surface area contributed by atoms with Crippen molar-refractivity contribution in [2.45, 2.75) is 19.5 Å². The number of rotatable bonds is 10. The fourth-order valence-electron chi connectivity index (χ4n) is 3.56. The van der Waals surface area contributed by atoms with Gasteiger partial charge in [-0.2, -0.15) is 0 Å². The lowest BCUT2D eigenvalue weighted by Gasteiger charge is -2.15. The third-order valence-corrected chi connectivity index (χ3v) is 5.19. The van der Waals surface area contributed by atoms with Crippen LogP contribution in [0, 0.1) is 0 Å². The highest BCUT2D eigenvalue weighted by Crippen LogP contribution is 2.24. The average Bonchev–Trinajstić information content (AvgIpc) is 2.84. The molecule has 0 spiro atoms. The maximum Gasteiger partial charge on any atom is 0.331 e. The van der Waals surface area contributed by atoms with E-state index in [-0.39, 0.29) is 18.6 Å². The lowest BCUT2D eigenvalue weighted by atomic mass is 10.1. The highest BCUT2D eigenvalue weighted by molar-refractivity contribution is 5.39. The number of hydrogen-bond donors (Lipinski definition) is 0. The molecule has 33 heavy (non-hydrogen) atoms. The first-order valence-electron chi connectivity index (χ1n) is 10.3. The van der Waals surface area contributed by atoms with Crippen LogP contribution in [0.5, 0.6) is 23.0 Å². The number of nitrogens with zero attached hydrogens (tertiary/aromatic N) is 2. The molecule has 0 radical (unpaired) electrons. The third-order valence-electron chi connectivity index (χ3n) is 5.19. The van der Waals surface area contributed by atoms with Gasteiger partial charge in [0.2, 0.25) is 0 Å². The van der Waals surface area contributed by atoms with Crippen molar-refractivity contribution in [2.24, 2.45) is 0 Å². The Balaban J connectivity index is 2.10. The monoisotopic (exact) mass is 452 g/mol. The molecule has 0 atom stereocenters. The zero-order valence-electron chi connectivity index (χ0n) is 19.3. The summed E-state index contributed by atoms with van der Waals surface area (Å²) in [5, 5.41) is 0. The largest absolute Gasteiger partial charge is 0.497 e. The second-order valence-corrected chi connectivity index (χ2v) is 7.39. The normalized spacial score (nSPS) is 10.5. The summed E-state index contributed by atoms with van der Waals surface area (Å²) in [5.41, 5.74) is 1.17. The van der Waals surface area contributed by atoms with Gasteiger partial charge in [0.25, 0.3) is 5.56 Å². The molecule has 3 rings (SSSR count). The fourth-order valence-corrected chi connectivity index (χ4v) is 3.56. The minimum absolute atomic E-state index is 0.0671. The van der Waals surface area contributed by atoms with Crippen LogP contribution in [0.25, 0.3) is 0 Å². The lowest BCUT2D eigenvalue weighted by molar-refractivity contribution is 0.393. The van der Waals surface area contributed by atoms with Crippen LogP contribution in [0.2, 0.25) is 0 Å². The van der Waals surface area contributed by atoms with Crippen LogP contribution in [0.3, 0.4) is 0 Å². The predicted octanol–water partition coefficient (Wildman–Crippen LogP) is 2.87. The molecule has 0 aliphatic carbocycles. The molecule has 8 heteroatoms. The summed E-state index contributed by atoms with van der Waals surface area (Å²) < 4.78 is 24.0. The van der Waals surface area contributed by atoms with Crippen molar-refractivity contribution in [1.29, 1.82) is 0 Å². The number of benzene rings is 2. The maximum absolute atomic E-state index is 13.3. The van der Waals surface area contributed by atoms with Gasteiger partial charge in [-0.1, -0.05) is 6.08 Å². The van der Waals surface area contributed by atoms with Gasteiger partial charge < -0.3 is 18.9 Å².